The molecular weight excluding hydrogens is 282 g/mol. The number of esters is 1. The highest BCUT2D eigenvalue weighted by Gasteiger charge is 2.72. The molecule has 0 aromatic carbocycles. The first-order valence-corrected chi connectivity index (χ1v) is 7.58. The summed E-state index contributed by atoms with van der Waals surface area (Å²) in [6.45, 7) is 0. The fraction of sp³-hybridized carbons (Fsp3) is 0.714. The number of aliphatic hydroxyl groups excluding tert-OH is 1. The summed E-state index contributed by atoms with van der Waals surface area (Å²) in [6, 6.07) is 0. The third kappa shape index (κ3) is 1.79. The molecule has 1 amide bonds. The molecule has 0 aromatic heterocycles. The number of hydrogen-bond acceptors (Lipinski definition) is 4. The predicted molar refractivity (Wildman–Crippen MR) is 72.1 cm³/mol. The van der Waals surface area contributed by atoms with Crippen molar-refractivity contribution in [3.8, 4) is 0 Å². The Hall–Kier alpha value is -1.07. The van der Waals surface area contributed by atoms with Gasteiger partial charge in [0.2, 0.25) is 11.4 Å². The highest BCUT2D eigenvalue weighted by atomic mass is 35.5. The minimum absolute atomic E-state index is 0.117. The zero-order valence-corrected chi connectivity index (χ0v) is 11.8. The highest BCUT2D eigenvalue weighted by Crippen LogP contribution is 2.45. The molecule has 0 bridgehead atoms. The summed E-state index contributed by atoms with van der Waals surface area (Å²) in [5, 5.41) is 13.3. The quantitative estimate of drug-likeness (QED) is 0.456. The van der Waals surface area contributed by atoms with Crippen LogP contribution >= 0.6 is 11.6 Å². The van der Waals surface area contributed by atoms with Crippen molar-refractivity contribution in [2.24, 2.45) is 11.8 Å². The van der Waals surface area contributed by atoms with Crippen molar-refractivity contribution >= 4 is 23.5 Å². The molecule has 110 valence electrons. The molecule has 2 N–H and O–H groups in total. The SMILES string of the molecule is O=C1NC2(C(O)C3C=CCCC3)C(=O)OC2C1CCCl. The van der Waals surface area contributed by atoms with Gasteiger partial charge in [0.05, 0.1) is 12.0 Å². The number of alkyl halides is 1. The Labute approximate surface area is 122 Å². The van der Waals surface area contributed by atoms with Crippen molar-refractivity contribution < 1.29 is 19.4 Å². The second-order valence-corrected chi connectivity index (χ2v) is 6.11. The monoisotopic (exact) mass is 299 g/mol. The van der Waals surface area contributed by atoms with Crippen molar-refractivity contribution in [2.75, 3.05) is 5.88 Å². The van der Waals surface area contributed by atoms with E-state index in [0.717, 1.165) is 19.3 Å². The molecule has 2 heterocycles. The summed E-state index contributed by atoms with van der Waals surface area (Å²) in [7, 11) is 0. The molecule has 1 aliphatic carbocycles. The number of nitrogens with one attached hydrogen (secondary N) is 1. The van der Waals surface area contributed by atoms with Crippen LogP contribution in [0, 0.1) is 11.8 Å². The van der Waals surface area contributed by atoms with Crippen LogP contribution in [0.15, 0.2) is 12.2 Å². The third-order valence-electron chi connectivity index (χ3n) is 4.64. The Morgan fingerprint density at radius 3 is 2.95 bits per heavy atom. The van der Waals surface area contributed by atoms with Gasteiger partial charge in [0.15, 0.2) is 0 Å². The molecule has 2 aliphatic heterocycles. The Balaban J connectivity index is 1.86. The molecule has 5 atom stereocenters. The molecule has 5 unspecified atom stereocenters. The Morgan fingerprint density at radius 2 is 2.35 bits per heavy atom. The highest BCUT2D eigenvalue weighted by molar-refractivity contribution is 6.18. The van der Waals surface area contributed by atoms with Gasteiger partial charge in [0.25, 0.3) is 0 Å². The topological polar surface area (TPSA) is 75.6 Å². The minimum atomic E-state index is -1.26. The van der Waals surface area contributed by atoms with E-state index in [9.17, 15) is 14.7 Å². The molecule has 2 saturated heterocycles. The first-order valence-electron chi connectivity index (χ1n) is 7.05. The smallest absolute Gasteiger partial charge is 0.339 e. The largest absolute Gasteiger partial charge is 0.456 e. The summed E-state index contributed by atoms with van der Waals surface area (Å²) in [5.74, 6) is -1.02. The lowest BCUT2D eigenvalue weighted by Gasteiger charge is -2.47. The molecule has 2 fully saturated rings. The average molecular weight is 300 g/mol. The van der Waals surface area contributed by atoms with Gasteiger partial charge in [-0.25, -0.2) is 4.79 Å². The van der Waals surface area contributed by atoms with Crippen LogP contribution in [0.2, 0.25) is 0 Å². The van der Waals surface area contributed by atoms with Crippen LogP contribution in [0.3, 0.4) is 0 Å². The number of allylic oxidation sites excluding steroid dienone is 1. The number of rotatable bonds is 4. The minimum Gasteiger partial charge on any atom is -0.456 e. The van der Waals surface area contributed by atoms with E-state index < -0.39 is 29.6 Å². The number of halogens is 1. The molecule has 3 aliphatic rings. The van der Waals surface area contributed by atoms with Gasteiger partial charge < -0.3 is 15.2 Å². The lowest BCUT2D eigenvalue weighted by Crippen LogP contribution is -2.74. The summed E-state index contributed by atoms with van der Waals surface area (Å²) in [5.41, 5.74) is -1.26. The van der Waals surface area contributed by atoms with Crippen molar-refractivity contribution in [1.29, 1.82) is 0 Å². The van der Waals surface area contributed by atoms with E-state index >= 15 is 0 Å². The van der Waals surface area contributed by atoms with Crippen LogP contribution in [0.5, 0.6) is 0 Å². The number of ether oxygens (including phenoxy) is 1. The molecule has 6 heteroatoms. The van der Waals surface area contributed by atoms with Gasteiger partial charge >= 0.3 is 5.97 Å². The maximum atomic E-state index is 12.0. The predicted octanol–water partition coefficient (Wildman–Crippen LogP) is 0.743. The fourth-order valence-electron chi connectivity index (χ4n) is 3.52. The number of aliphatic hydroxyl groups is 1. The molecule has 0 spiro atoms. The van der Waals surface area contributed by atoms with Crippen molar-refractivity contribution in [3.63, 3.8) is 0 Å². The zero-order valence-electron chi connectivity index (χ0n) is 11.0. The summed E-state index contributed by atoms with van der Waals surface area (Å²) in [6.07, 6.45) is 5.65. The van der Waals surface area contributed by atoms with Gasteiger partial charge in [0.1, 0.15) is 6.10 Å². The number of hydrogen-bond donors (Lipinski definition) is 2. The van der Waals surface area contributed by atoms with Crippen LogP contribution in [0.4, 0.5) is 0 Å². The van der Waals surface area contributed by atoms with E-state index in [2.05, 4.69) is 5.32 Å². The van der Waals surface area contributed by atoms with Gasteiger partial charge in [-0.2, -0.15) is 0 Å². The van der Waals surface area contributed by atoms with E-state index in [-0.39, 0.29) is 11.8 Å². The van der Waals surface area contributed by atoms with Gasteiger partial charge in [-0.3, -0.25) is 4.79 Å². The van der Waals surface area contributed by atoms with E-state index in [0.29, 0.717) is 12.3 Å². The molecule has 0 aromatic rings. The second-order valence-electron chi connectivity index (χ2n) is 5.74. The second kappa shape index (κ2) is 5.04. The Morgan fingerprint density at radius 1 is 1.55 bits per heavy atom. The van der Waals surface area contributed by atoms with Crippen LogP contribution in [0.1, 0.15) is 25.7 Å². The normalized spacial score (nSPS) is 40.6. The third-order valence-corrected chi connectivity index (χ3v) is 4.85. The number of fused-ring (bicyclic) bond motifs is 1. The maximum Gasteiger partial charge on any atom is 0.339 e. The molecular formula is C14H18ClNO4. The van der Waals surface area contributed by atoms with Gasteiger partial charge in [-0.1, -0.05) is 12.2 Å². The maximum absolute atomic E-state index is 12.0. The first kappa shape index (κ1) is 13.9. The number of carbonyl (C=O) groups is 2. The van der Waals surface area contributed by atoms with Crippen molar-refractivity contribution in [1.82, 2.24) is 5.32 Å². The van der Waals surface area contributed by atoms with E-state index in [1.165, 1.54) is 0 Å². The summed E-state index contributed by atoms with van der Waals surface area (Å²) < 4.78 is 5.15. The van der Waals surface area contributed by atoms with Crippen molar-refractivity contribution in [3.05, 3.63) is 12.2 Å². The Kier molecular flexibility index (Phi) is 3.50. The van der Waals surface area contributed by atoms with Gasteiger partial charge in [0, 0.05) is 11.8 Å². The standard InChI is InChI=1S/C14H18ClNO4/c15-7-6-9-11-14(13(19)20-11,16-12(9)18)10(17)8-4-2-1-3-5-8/h2,4,8-11,17H,1,3,5-7H2,(H,16,18). The average Bonchev–Trinajstić information content (AvgIpc) is 2.69. The molecule has 0 radical (unpaired) electrons. The molecule has 5 nitrogen and oxygen atoms in total. The first-order chi connectivity index (χ1) is 9.61. The lowest BCUT2D eigenvalue weighted by atomic mass is 9.72. The number of amides is 1. The van der Waals surface area contributed by atoms with Gasteiger partial charge in [-0.15, -0.1) is 11.6 Å². The fourth-order valence-corrected chi connectivity index (χ4v) is 3.76. The Bertz CT molecular complexity index is 466. The van der Waals surface area contributed by atoms with Crippen LogP contribution in [-0.4, -0.2) is 40.6 Å². The van der Waals surface area contributed by atoms with Crippen LogP contribution < -0.4 is 5.32 Å². The molecule has 3 rings (SSSR count). The van der Waals surface area contributed by atoms with Crippen molar-refractivity contribution in [2.45, 2.75) is 43.4 Å². The van der Waals surface area contributed by atoms with Crippen LogP contribution in [0.25, 0.3) is 0 Å². The van der Waals surface area contributed by atoms with E-state index in [1.54, 1.807) is 0 Å². The summed E-state index contributed by atoms with van der Waals surface area (Å²) in [4.78, 5) is 24.0. The zero-order chi connectivity index (χ0) is 14.3. The lowest BCUT2D eigenvalue weighted by molar-refractivity contribution is -0.207. The molecule has 20 heavy (non-hydrogen) atoms. The summed E-state index contributed by atoms with van der Waals surface area (Å²) >= 11 is 5.70. The number of carbonyl (C=O) groups excluding carboxylic acids is 2. The molecule has 0 saturated carbocycles. The van der Waals surface area contributed by atoms with Gasteiger partial charge in [-0.05, 0) is 25.7 Å². The van der Waals surface area contributed by atoms with E-state index in [1.807, 2.05) is 12.2 Å². The van der Waals surface area contributed by atoms with Crippen LogP contribution in [-0.2, 0) is 14.3 Å². The van der Waals surface area contributed by atoms with E-state index in [4.69, 9.17) is 16.3 Å².